The van der Waals surface area contributed by atoms with E-state index in [1.165, 1.54) is 12.1 Å². The fourth-order valence-corrected chi connectivity index (χ4v) is 2.23. The number of halogens is 1. The summed E-state index contributed by atoms with van der Waals surface area (Å²) in [6.07, 6.45) is 1.95. The molecular formula is C13H16FNO3. The zero-order valence-corrected chi connectivity index (χ0v) is 10.2. The first-order valence-corrected chi connectivity index (χ1v) is 5.92. The molecule has 1 heterocycles. The zero-order valence-electron chi connectivity index (χ0n) is 10.2. The Morgan fingerprint density at radius 3 is 2.61 bits per heavy atom. The van der Waals surface area contributed by atoms with Gasteiger partial charge >= 0.3 is 5.97 Å². The lowest BCUT2D eigenvalue weighted by molar-refractivity contribution is 0.0696. The molecule has 1 saturated heterocycles. The fourth-order valence-electron chi connectivity index (χ4n) is 2.23. The van der Waals surface area contributed by atoms with Gasteiger partial charge in [-0.05, 0) is 31.0 Å². The van der Waals surface area contributed by atoms with E-state index in [0.29, 0.717) is 5.69 Å². The summed E-state index contributed by atoms with van der Waals surface area (Å²) < 4.78 is 19.1. The van der Waals surface area contributed by atoms with Crippen molar-refractivity contribution in [1.29, 1.82) is 0 Å². The van der Waals surface area contributed by atoms with Crippen molar-refractivity contribution in [3.05, 3.63) is 29.6 Å². The van der Waals surface area contributed by atoms with Crippen LogP contribution in [0.4, 0.5) is 10.1 Å². The van der Waals surface area contributed by atoms with Crippen LogP contribution in [-0.2, 0) is 4.74 Å². The van der Waals surface area contributed by atoms with Crippen molar-refractivity contribution in [2.24, 2.45) is 0 Å². The molecule has 1 aromatic carbocycles. The van der Waals surface area contributed by atoms with Gasteiger partial charge in [-0.3, -0.25) is 0 Å². The highest BCUT2D eigenvalue weighted by Crippen LogP contribution is 2.24. The van der Waals surface area contributed by atoms with Gasteiger partial charge in [0.2, 0.25) is 0 Å². The standard InChI is InChI=1S/C13H16FNO3/c1-18-10-4-6-15(7-5-10)12-3-2-9(13(16)17)8-11(12)14/h2-3,8,10H,4-7H2,1H3,(H,16,17). The van der Waals surface area contributed by atoms with Crippen molar-refractivity contribution in [3.8, 4) is 0 Å². The molecule has 1 aromatic rings. The van der Waals surface area contributed by atoms with Crippen molar-refractivity contribution in [2.75, 3.05) is 25.1 Å². The van der Waals surface area contributed by atoms with Gasteiger partial charge in [0.05, 0.1) is 17.4 Å². The first kappa shape index (κ1) is 12.8. The molecule has 2 rings (SSSR count). The molecule has 0 saturated carbocycles. The fraction of sp³-hybridized carbons (Fsp3) is 0.462. The molecule has 1 fully saturated rings. The number of benzene rings is 1. The summed E-state index contributed by atoms with van der Waals surface area (Å²) in [7, 11) is 1.68. The molecule has 0 amide bonds. The van der Waals surface area contributed by atoms with Gasteiger partial charge in [0.1, 0.15) is 5.82 Å². The summed E-state index contributed by atoms with van der Waals surface area (Å²) >= 11 is 0. The summed E-state index contributed by atoms with van der Waals surface area (Å²) in [6, 6.07) is 4.04. The second-order valence-corrected chi connectivity index (χ2v) is 4.39. The number of anilines is 1. The summed E-state index contributed by atoms with van der Waals surface area (Å²) in [5.74, 6) is -1.59. The van der Waals surface area contributed by atoms with Crippen molar-refractivity contribution in [3.63, 3.8) is 0 Å². The molecule has 0 aromatic heterocycles. The van der Waals surface area contributed by atoms with Gasteiger partial charge in [-0.15, -0.1) is 0 Å². The van der Waals surface area contributed by atoms with Crippen molar-refractivity contribution >= 4 is 11.7 Å². The quantitative estimate of drug-likeness (QED) is 0.896. The van der Waals surface area contributed by atoms with E-state index >= 15 is 0 Å². The van der Waals surface area contributed by atoms with Crippen LogP contribution in [0.25, 0.3) is 0 Å². The second-order valence-electron chi connectivity index (χ2n) is 4.39. The van der Waals surface area contributed by atoms with Gasteiger partial charge in [-0.2, -0.15) is 0 Å². The minimum atomic E-state index is -1.11. The third kappa shape index (κ3) is 2.61. The minimum Gasteiger partial charge on any atom is -0.478 e. The van der Waals surface area contributed by atoms with E-state index in [2.05, 4.69) is 0 Å². The maximum absolute atomic E-state index is 13.8. The molecule has 4 nitrogen and oxygen atoms in total. The van der Waals surface area contributed by atoms with Crippen LogP contribution in [-0.4, -0.2) is 37.4 Å². The average Bonchev–Trinajstić information content (AvgIpc) is 2.38. The molecule has 1 aliphatic heterocycles. The molecular weight excluding hydrogens is 237 g/mol. The number of methoxy groups -OCH3 is 1. The smallest absolute Gasteiger partial charge is 0.335 e. The van der Waals surface area contributed by atoms with Crippen molar-refractivity contribution < 1.29 is 19.0 Å². The van der Waals surface area contributed by atoms with Gasteiger partial charge in [0, 0.05) is 20.2 Å². The highest BCUT2D eigenvalue weighted by Gasteiger charge is 2.21. The number of aromatic carboxylic acids is 1. The number of carboxylic acids is 1. The molecule has 0 aliphatic carbocycles. The first-order valence-electron chi connectivity index (χ1n) is 5.92. The first-order chi connectivity index (χ1) is 8.61. The van der Waals surface area contributed by atoms with E-state index < -0.39 is 11.8 Å². The average molecular weight is 253 g/mol. The lowest BCUT2D eigenvalue weighted by Gasteiger charge is -2.33. The van der Waals surface area contributed by atoms with E-state index in [4.69, 9.17) is 9.84 Å². The summed E-state index contributed by atoms with van der Waals surface area (Å²) in [4.78, 5) is 12.7. The molecule has 1 aliphatic rings. The third-order valence-corrected chi connectivity index (χ3v) is 3.31. The summed E-state index contributed by atoms with van der Waals surface area (Å²) in [5.41, 5.74) is 0.442. The zero-order chi connectivity index (χ0) is 13.1. The Kier molecular flexibility index (Phi) is 3.81. The van der Waals surface area contributed by atoms with Gasteiger partial charge in [0.25, 0.3) is 0 Å². The molecule has 98 valence electrons. The molecule has 0 bridgehead atoms. The Morgan fingerprint density at radius 1 is 1.44 bits per heavy atom. The molecule has 0 unspecified atom stereocenters. The Morgan fingerprint density at radius 2 is 2.11 bits per heavy atom. The normalized spacial score (nSPS) is 16.9. The SMILES string of the molecule is COC1CCN(c2ccc(C(=O)O)cc2F)CC1. The highest BCUT2D eigenvalue weighted by molar-refractivity contribution is 5.88. The highest BCUT2D eigenvalue weighted by atomic mass is 19.1. The lowest BCUT2D eigenvalue weighted by atomic mass is 10.1. The summed E-state index contributed by atoms with van der Waals surface area (Å²) in [5, 5.41) is 8.78. The second kappa shape index (κ2) is 5.35. The van der Waals surface area contributed by atoms with Crippen molar-refractivity contribution in [1.82, 2.24) is 0 Å². The monoisotopic (exact) mass is 253 g/mol. The van der Waals surface area contributed by atoms with Gasteiger partial charge in [-0.1, -0.05) is 0 Å². The van der Waals surface area contributed by atoms with Crippen LogP contribution in [0.1, 0.15) is 23.2 Å². The van der Waals surface area contributed by atoms with Gasteiger partial charge in [-0.25, -0.2) is 9.18 Å². The van der Waals surface area contributed by atoms with Crippen LogP contribution in [0, 0.1) is 5.82 Å². The number of nitrogens with zero attached hydrogens (tertiary/aromatic N) is 1. The molecule has 1 N–H and O–H groups in total. The van der Waals surface area contributed by atoms with E-state index in [1.54, 1.807) is 7.11 Å². The predicted octanol–water partition coefficient (Wildman–Crippen LogP) is 2.14. The number of carbonyl (C=O) groups is 1. The van der Waals surface area contributed by atoms with E-state index in [0.717, 1.165) is 32.0 Å². The van der Waals surface area contributed by atoms with Crippen LogP contribution in [0.5, 0.6) is 0 Å². The van der Waals surface area contributed by atoms with Crippen LogP contribution < -0.4 is 4.90 Å². The largest absolute Gasteiger partial charge is 0.478 e. The maximum atomic E-state index is 13.8. The molecule has 0 atom stereocenters. The van der Waals surface area contributed by atoms with Crippen LogP contribution in [0.15, 0.2) is 18.2 Å². The Balaban J connectivity index is 2.12. The number of hydrogen-bond acceptors (Lipinski definition) is 3. The minimum absolute atomic E-state index is 0.0250. The van der Waals surface area contributed by atoms with Crippen LogP contribution in [0.3, 0.4) is 0 Å². The van der Waals surface area contributed by atoms with Crippen LogP contribution >= 0.6 is 0 Å². The van der Waals surface area contributed by atoms with Gasteiger partial charge in [0.15, 0.2) is 0 Å². The number of carboxylic acid groups (broad SMARTS) is 1. The number of piperidine rings is 1. The summed E-state index contributed by atoms with van der Waals surface area (Å²) in [6.45, 7) is 1.45. The van der Waals surface area contributed by atoms with E-state index in [-0.39, 0.29) is 11.7 Å². The third-order valence-electron chi connectivity index (χ3n) is 3.31. The molecule has 18 heavy (non-hydrogen) atoms. The lowest BCUT2D eigenvalue weighted by Crippen LogP contribution is -2.37. The Labute approximate surface area is 105 Å². The van der Waals surface area contributed by atoms with Crippen molar-refractivity contribution in [2.45, 2.75) is 18.9 Å². The predicted molar refractivity (Wildman–Crippen MR) is 65.6 cm³/mol. The number of ether oxygens (including phenoxy) is 1. The number of hydrogen-bond donors (Lipinski definition) is 1. The Bertz CT molecular complexity index is 442. The molecule has 0 radical (unpaired) electrons. The molecule has 5 heteroatoms. The van der Waals surface area contributed by atoms with Crippen LogP contribution in [0.2, 0.25) is 0 Å². The maximum Gasteiger partial charge on any atom is 0.335 e. The number of rotatable bonds is 3. The topological polar surface area (TPSA) is 49.8 Å². The Hall–Kier alpha value is -1.62. The van der Waals surface area contributed by atoms with Gasteiger partial charge < -0.3 is 14.7 Å². The van der Waals surface area contributed by atoms with E-state index in [1.807, 2.05) is 4.90 Å². The van der Waals surface area contributed by atoms with E-state index in [9.17, 15) is 9.18 Å². The molecule has 0 spiro atoms.